The summed E-state index contributed by atoms with van der Waals surface area (Å²) in [6, 6.07) is 0. The van der Waals surface area contributed by atoms with E-state index in [0.29, 0.717) is 5.92 Å². The van der Waals surface area contributed by atoms with Crippen molar-refractivity contribution in [2.24, 2.45) is 18.0 Å². The van der Waals surface area contributed by atoms with E-state index in [1.165, 1.54) is 37.9 Å². The Labute approximate surface area is 180 Å². The molecule has 7 nitrogen and oxygen atoms in total. The van der Waals surface area contributed by atoms with Crippen LogP contribution in [0.4, 0.5) is 0 Å². The van der Waals surface area contributed by atoms with Crippen molar-refractivity contribution in [3.63, 3.8) is 0 Å². The summed E-state index contributed by atoms with van der Waals surface area (Å²) in [5.41, 5.74) is 1.34. The lowest BCUT2D eigenvalue weighted by atomic mass is 9.97. The molecule has 8 heteroatoms. The second-order valence-electron chi connectivity index (χ2n) is 7.58. The van der Waals surface area contributed by atoms with E-state index in [1.807, 2.05) is 25.0 Å². The van der Waals surface area contributed by atoms with Crippen molar-refractivity contribution in [3.05, 3.63) is 18.0 Å². The van der Waals surface area contributed by atoms with Gasteiger partial charge in [-0.2, -0.15) is 5.10 Å². The Kier molecular flexibility index (Phi) is 9.31. The highest BCUT2D eigenvalue weighted by atomic mass is 127. The summed E-state index contributed by atoms with van der Waals surface area (Å²) >= 11 is 0. The fourth-order valence-electron chi connectivity index (χ4n) is 4.08. The van der Waals surface area contributed by atoms with Crippen molar-refractivity contribution >= 4 is 29.9 Å². The molecule has 0 aliphatic carbocycles. The van der Waals surface area contributed by atoms with Crippen LogP contribution >= 0.6 is 24.0 Å². The van der Waals surface area contributed by atoms with Crippen LogP contribution in [0.15, 0.2) is 17.4 Å². The second-order valence-corrected chi connectivity index (χ2v) is 7.58. The number of piperidine rings is 1. The highest BCUT2D eigenvalue weighted by molar-refractivity contribution is 14.0. The highest BCUT2D eigenvalue weighted by Gasteiger charge is 2.27. The third-order valence-electron chi connectivity index (χ3n) is 5.76. The molecule has 0 saturated carbocycles. The van der Waals surface area contributed by atoms with Crippen molar-refractivity contribution in [1.82, 2.24) is 24.9 Å². The largest absolute Gasteiger partial charge is 0.383 e. The summed E-state index contributed by atoms with van der Waals surface area (Å²) in [6.07, 6.45) is 7.83. The molecule has 0 amide bonds. The van der Waals surface area contributed by atoms with E-state index in [2.05, 4.69) is 31.4 Å². The van der Waals surface area contributed by atoms with E-state index < -0.39 is 0 Å². The lowest BCUT2D eigenvalue weighted by Crippen LogP contribution is -2.44. The zero-order valence-electron chi connectivity index (χ0n) is 16.9. The number of likely N-dealkylation sites (tertiary alicyclic amines) is 2. The molecule has 0 spiro atoms. The average molecular weight is 490 g/mol. The first-order chi connectivity index (χ1) is 12.7. The quantitative estimate of drug-likeness (QED) is 0.374. The normalized spacial score (nSPS) is 22.1. The number of aryl methyl sites for hydroxylation is 1. The molecule has 1 aromatic rings. The van der Waals surface area contributed by atoms with Crippen LogP contribution in [0, 0.1) is 5.92 Å². The Morgan fingerprint density at radius 3 is 2.70 bits per heavy atom. The molecule has 2 aliphatic heterocycles. The molecule has 154 valence electrons. The fraction of sp³-hybridized carbons (Fsp3) is 0.789. The first-order valence-corrected chi connectivity index (χ1v) is 9.85. The van der Waals surface area contributed by atoms with Crippen LogP contribution in [0.25, 0.3) is 0 Å². The van der Waals surface area contributed by atoms with E-state index in [4.69, 9.17) is 4.74 Å². The number of ether oxygens (including phenoxy) is 1. The van der Waals surface area contributed by atoms with Gasteiger partial charge < -0.3 is 19.9 Å². The van der Waals surface area contributed by atoms with Gasteiger partial charge in [0.05, 0.1) is 12.8 Å². The molecule has 1 N–H and O–H groups in total. The molecule has 0 radical (unpaired) electrons. The van der Waals surface area contributed by atoms with Gasteiger partial charge in [0.1, 0.15) is 0 Å². The topological polar surface area (TPSA) is 57.9 Å². The molecule has 27 heavy (non-hydrogen) atoms. The number of guanidine groups is 1. The third kappa shape index (κ3) is 6.32. The van der Waals surface area contributed by atoms with Gasteiger partial charge in [-0.05, 0) is 43.8 Å². The lowest BCUT2D eigenvalue weighted by Gasteiger charge is -2.32. The number of nitrogens with one attached hydrogen (secondary N) is 1. The summed E-state index contributed by atoms with van der Waals surface area (Å²) in [5.74, 6) is 2.35. The Balaban J connectivity index is 0.00000261. The van der Waals surface area contributed by atoms with Crippen LogP contribution in [0.1, 0.15) is 30.7 Å². The van der Waals surface area contributed by atoms with Crippen molar-refractivity contribution in [2.75, 3.05) is 60.0 Å². The molecule has 3 heterocycles. The molecule has 1 unspecified atom stereocenters. The molecular weight excluding hydrogens is 455 g/mol. The van der Waals surface area contributed by atoms with Crippen LogP contribution in [0.3, 0.4) is 0 Å². The first kappa shape index (κ1) is 22.4. The van der Waals surface area contributed by atoms with Crippen LogP contribution in [0.2, 0.25) is 0 Å². The smallest absolute Gasteiger partial charge is 0.193 e. The fourth-order valence-corrected chi connectivity index (χ4v) is 4.08. The Hall–Kier alpha value is -0.870. The van der Waals surface area contributed by atoms with E-state index >= 15 is 0 Å². The number of halogens is 1. The van der Waals surface area contributed by atoms with E-state index in [9.17, 15) is 0 Å². The average Bonchev–Trinajstić information content (AvgIpc) is 3.31. The number of aromatic nitrogens is 2. The van der Waals surface area contributed by atoms with Gasteiger partial charge in [0.15, 0.2) is 5.96 Å². The predicted molar refractivity (Wildman–Crippen MR) is 120 cm³/mol. The zero-order valence-corrected chi connectivity index (χ0v) is 19.3. The third-order valence-corrected chi connectivity index (χ3v) is 5.76. The minimum Gasteiger partial charge on any atom is -0.383 e. The van der Waals surface area contributed by atoms with Gasteiger partial charge in [0.25, 0.3) is 0 Å². The molecule has 0 bridgehead atoms. The zero-order chi connectivity index (χ0) is 18.4. The van der Waals surface area contributed by atoms with Gasteiger partial charge in [-0.1, -0.05) is 0 Å². The molecule has 2 fully saturated rings. The minimum absolute atomic E-state index is 0. The van der Waals surface area contributed by atoms with E-state index in [0.717, 1.165) is 44.7 Å². The number of methoxy groups -OCH3 is 1. The van der Waals surface area contributed by atoms with Crippen LogP contribution in [-0.4, -0.2) is 85.6 Å². The summed E-state index contributed by atoms with van der Waals surface area (Å²) < 4.78 is 7.08. The van der Waals surface area contributed by atoms with E-state index in [-0.39, 0.29) is 24.0 Å². The summed E-state index contributed by atoms with van der Waals surface area (Å²) in [4.78, 5) is 9.43. The molecular formula is C19H35IN6O. The number of aliphatic imine (C=N–C) groups is 1. The molecule has 3 rings (SSSR count). The molecule has 1 atom stereocenters. The van der Waals surface area contributed by atoms with Crippen molar-refractivity contribution in [1.29, 1.82) is 0 Å². The lowest BCUT2D eigenvalue weighted by molar-refractivity contribution is 0.120. The monoisotopic (exact) mass is 490 g/mol. The Bertz CT molecular complexity index is 585. The van der Waals surface area contributed by atoms with Gasteiger partial charge in [-0.25, -0.2) is 0 Å². The maximum absolute atomic E-state index is 5.18. The summed E-state index contributed by atoms with van der Waals surface area (Å²) in [7, 11) is 5.66. The molecule has 0 aromatic carbocycles. The minimum atomic E-state index is 0. The Morgan fingerprint density at radius 2 is 2.07 bits per heavy atom. The SMILES string of the molecule is CN=C(NCC1CCN(CCOC)CC1)N1CCC(c2cnn(C)c2)C1.I. The molecule has 1 aromatic heterocycles. The van der Waals surface area contributed by atoms with Crippen LogP contribution < -0.4 is 5.32 Å². The van der Waals surface area contributed by atoms with Gasteiger partial charge >= 0.3 is 0 Å². The number of rotatable bonds is 6. The number of hydrogen-bond acceptors (Lipinski definition) is 4. The van der Waals surface area contributed by atoms with Crippen LogP contribution in [0.5, 0.6) is 0 Å². The maximum Gasteiger partial charge on any atom is 0.193 e. The van der Waals surface area contributed by atoms with Crippen molar-refractivity contribution in [2.45, 2.75) is 25.2 Å². The molecule has 2 saturated heterocycles. The van der Waals surface area contributed by atoms with Crippen LogP contribution in [-0.2, 0) is 11.8 Å². The highest BCUT2D eigenvalue weighted by Crippen LogP contribution is 2.26. The van der Waals surface area contributed by atoms with Gasteiger partial charge in [-0.15, -0.1) is 24.0 Å². The summed E-state index contributed by atoms with van der Waals surface area (Å²) in [6.45, 7) is 7.38. The molecule has 2 aliphatic rings. The second kappa shape index (κ2) is 11.2. The number of hydrogen-bond donors (Lipinski definition) is 1. The maximum atomic E-state index is 5.18. The van der Waals surface area contributed by atoms with Gasteiger partial charge in [0, 0.05) is 59.5 Å². The van der Waals surface area contributed by atoms with Gasteiger partial charge in [0.2, 0.25) is 0 Å². The Morgan fingerprint density at radius 1 is 1.30 bits per heavy atom. The van der Waals surface area contributed by atoms with E-state index in [1.54, 1.807) is 7.11 Å². The predicted octanol–water partition coefficient (Wildman–Crippen LogP) is 1.76. The first-order valence-electron chi connectivity index (χ1n) is 9.85. The van der Waals surface area contributed by atoms with Crippen molar-refractivity contribution in [3.8, 4) is 0 Å². The number of nitrogens with zero attached hydrogens (tertiary/aromatic N) is 5. The summed E-state index contributed by atoms with van der Waals surface area (Å²) in [5, 5.41) is 7.94. The van der Waals surface area contributed by atoms with Crippen molar-refractivity contribution < 1.29 is 4.74 Å². The van der Waals surface area contributed by atoms with Gasteiger partial charge in [-0.3, -0.25) is 9.67 Å². The standard InChI is InChI=1S/C19H34N6O.HI/c1-20-19(21-12-16-4-7-24(8-5-16)10-11-26-3)25-9-6-17(15-25)18-13-22-23(2)14-18;/h13-14,16-17H,4-12,15H2,1-3H3,(H,20,21);1H.